The summed E-state index contributed by atoms with van der Waals surface area (Å²) >= 11 is 0. The molecule has 4 atom stereocenters. The van der Waals surface area contributed by atoms with E-state index in [1.165, 1.54) is 38.5 Å². The van der Waals surface area contributed by atoms with Crippen LogP contribution in [-0.2, 0) is 0 Å². The van der Waals surface area contributed by atoms with Gasteiger partial charge in [0, 0.05) is 0 Å². The molecule has 1 heteroatoms. The maximum absolute atomic E-state index is 6.00. The second-order valence-electron chi connectivity index (χ2n) is 5.21. The van der Waals surface area contributed by atoms with Crippen molar-refractivity contribution in [2.75, 3.05) is 6.54 Å². The maximum Gasteiger partial charge on any atom is -0.00151 e. The highest BCUT2D eigenvalue weighted by Crippen LogP contribution is 2.65. The van der Waals surface area contributed by atoms with Crippen LogP contribution in [0.2, 0.25) is 0 Å². The van der Waals surface area contributed by atoms with Gasteiger partial charge in [0.1, 0.15) is 0 Å². The van der Waals surface area contributed by atoms with Crippen LogP contribution >= 0.6 is 0 Å². The molecule has 0 radical (unpaired) electrons. The van der Waals surface area contributed by atoms with Gasteiger partial charge in [-0.1, -0.05) is 6.42 Å². The summed E-state index contributed by atoms with van der Waals surface area (Å²) in [5, 5.41) is 0. The predicted molar refractivity (Wildman–Crippen MR) is 49.7 cm³/mol. The van der Waals surface area contributed by atoms with Gasteiger partial charge in [-0.15, -0.1) is 0 Å². The van der Waals surface area contributed by atoms with Crippen molar-refractivity contribution in [2.45, 2.75) is 38.5 Å². The van der Waals surface area contributed by atoms with Crippen LogP contribution in [0.5, 0.6) is 0 Å². The molecule has 3 rings (SSSR count). The molecule has 3 aliphatic rings. The number of fused-ring (bicyclic) bond motifs is 5. The summed E-state index contributed by atoms with van der Waals surface area (Å²) in [6.45, 7) is 0.985. The first-order valence-electron chi connectivity index (χ1n) is 5.57. The molecule has 0 heterocycles. The number of rotatable bonds is 1. The summed E-state index contributed by atoms with van der Waals surface area (Å²) in [5.74, 6) is 3.15. The Morgan fingerprint density at radius 2 is 2.17 bits per heavy atom. The number of hydrogen-bond acceptors (Lipinski definition) is 1. The van der Waals surface area contributed by atoms with Gasteiger partial charge in [0.15, 0.2) is 0 Å². The van der Waals surface area contributed by atoms with E-state index >= 15 is 0 Å². The summed E-state index contributed by atoms with van der Waals surface area (Å²) in [7, 11) is 0. The molecule has 0 aromatic rings. The predicted octanol–water partition coefficient (Wildman–Crippen LogP) is 2.16. The standard InChI is InChI=1S/C11H19N/c12-7-11-5-1-2-10(11)8-3-4-9(11)6-8/h8-10H,1-7,12H2/t8-,9+,10+,11+/m1/s1. The van der Waals surface area contributed by atoms with Crippen LogP contribution in [0.1, 0.15) is 38.5 Å². The smallest absolute Gasteiger partial charge is 0.00151 e. The molecule has 3 fully saturated rings. The van der Waals surface area contributed by atoms with Crippen molar-refractivity contribution in [3.63, 3.8) is 0 Å². The van der Waals surface area contributed by atoms with E-state index in [1.54, 1.807) is 0 Å². The summed E-state index contributed by atoms with van der Waals surface area (Å²) < 4.78 is 0. The van der Waals surface area contributed by atoms with Crippen molar-refractivity contribution in [1.82, 2.24) is 0 Å². The monoisotopic (exact) mass is 165 g/mol. The molecule has 0 aliphatic heterocycles. The van der Waals surface area contributed by atoms with E-state index in [0.29, 0.717) is 5.41 Å². The normalized spacial score (nSPS) is 56.2. The van der Waals surface area contributed by atoms with Crippen LogP contribution < -0.4 is 5.73 Å². The van der Waals surface area contributed by atoms with Gasteiger partial charge in [0.2, 0.25) is 0 Å². The summed E-state index contributed by atoms with van der Waals surface area (Å²) in [6, 6.07) is 0. The molecule has 0 spiro atoms. The minimum atomic E-state index is 0.642. The summed E-state index contributed by atoms with van der Waals surface area (Å²) in [6.07, 6.45) is 8.97. The highest BCUT2D eigenvalue weighted by atomic mass is 14.7. The van der Waals surface area contributed by atoms with E-state index in [1.807, 2.05) is 0 Å². The van der Waals surface area contributed by atoms with Crippen LogP contribution in [0.3, 0.4) is 0 Å². The number of hydrogen-bond donors (Lipinski definition) is 1. The fraction of sp³-hybridized carbons (Fsp3) is 1.00. The Kier molecular flexibility index (Phi) is 1.39. The highest BCUT2D eigenvalue weighted by Gasteiger charge is 2.58. The lowest BCUT2D eigenvalue weighted by molar-refractivity contribution is 0.121. The van der Waals surface area contributed by atoms with Crippen LogP contribution in [0, 0.1) is 23.2 Å². The highest BCUT2D eigenvalue weighted by molar-refractivity contribution is 5.09. The van der Waals surface area contributed by atoms with Gasteiger partial charge < -0.3 is 5.73 Å². The first-order chi connectivity index (χ1) is 5.87. The van der Waals surface area contributed by atoms with Gasteiger partial charge in [-0.2, -0.15) is 0 Å². The Balaban J connectivity index is 1.98. The molecular formula is C11H19N. The van der Waals surface area contributed by atoms with Crippen molar-refractivity contribution in [1.29, 1.82) is 0 Å². The Hall–Kier alpha value is -0.0400. The van der Waals surface area contributed by atoms with Crippen LogP contribution in [0.25, 0.3) is 0 Å². The van der Waals surface area contributed by atoms with Gasteiger partial charge in [-0.3, -0.25) is 0 Å². The van der Waals surface area contributed by atoms with Crippen molar-refractivity contribution in [3.05, 3.63) is 0 Å². The molecule has 3 saturated carbocycles. The molecule has 0 aromatic carbocycles. The van der Waals surface area contributed by atoms with E-state index in [9.17, 15) is 0 Å². The van der Waals surface area contributed by atoms with Crippen LogP contribution in [0.15, 0.2) is 0 Å². The molecule has 0 aromatic heterocycles. The molecule has 0 saturated heterocycles. The Bertz CT molecular complexity index is 201. The van der Waals surface area contributed by atoms with Gasteiger partial charge >= 0.3 is 0 Å². The van der Waals surface area contributed by atoms with E-state index in [2.05, 4.69) is 0 Å². The maximum atomic E-state index is 6.00. The molecule has 0 amide bonds. The van der Waals surface area contributed by atoms with Gasteiger partial charge in [-0.25, -0.2) is 0 Å². The van der Waals surface area contributed by atoms with Crippen LogP contribution in [0.4, 0.5) is 0 Å². The Morgan fingerprint density at radius 1 is 1.25 bits per heavy atom. The Morgan fingerprint density at radius 3 is 2.92 bits per heavy atom. The fourth-order valence-electron chi connectivity index (χ4n) is 4.66. The quantitative estimate of drug-likeness (QED) is 0.633. The van der Waals surface area contributed by atoms with E-state index in [-0.39, 0.29) is 0 Å². The second kappa shape index (κ2) is 2.25. The van der Waals surface area contributed by atoms with E-state index in [0.717, 1.165) is 24.3 Å². The lowest BCUT2D eigenvalue weighted by Crippen LogP contribution is -2.39. The molecule has 2 bridgehead atoms. The third kappa shape index (κ3) is 0.654. The summed E-state index contributed by atoms with van der Waals surface area (Å²) in [4.78, 5) is 0. The van der Waals surface area contributed by atoms with Crippen molar-refractivity contribution < 1.29 is 0 Å². The zero-order chi connectivity index (χ0) is 8.18. The third-order valence-corrected chi connectivity index (χ3v) is 5.13. The lowest BCUT2D eigenvalue weighted by atomic mass is 9.68. The largest absolute Gasteiger partial charge is 0.330 e. The molecule has 12 heavy (non-hydrogen) atoms. The zero-order valence-electron chi connectivity index (χ0n) is 7.76. The molecule has 0 unspecified atom stereocenters. The lowest BCUT2D eigenvalue weighted by Gasteiger charge is -2.38. The van der Waals surface area contributed by atoms with E-state index in [4.69, 9.17) is 5.73 Å². The van der Waals surface area contributed by atoms with Gasteiger partial charge in [0.05, 0.1) is 0 Å². The third-order valence-electron chi connectivity index (χ3n) is 5.13. The molecule has 2 N–H and O–H groups in total. The Labute approximate surface area is 74.7 Å². The molecule has 68 valence electrons. The average Bonchev–Trinajstić information content (AvgIpc) is 2.76. The average molecular weight is 165 g/mol. The van der Waals surface area contributed by atoms with E-state index < -0.39 is 0 Å². The topological polar surface area (TPSA) is 26.0 Å². The molecular weight excluding hydrogens is 146 g/mol. The van der Waals surface area contributed by atoms with Gasteiger partial charge in [0.25, 0.3) is 0 Å². The second-order valence-corrected chi connectivity index (χ2v) is 5.21. The van der Waals surface area contributed by atoms with Crippen molar-refractivity contribution >= 4 is 0 Å². The first-order valence-corrected chi connectivity index (χ1v) is 5.57. The minimum Gasteiger partial charge on any atom is -0.330 e. The summed E-state index contributed by atoms with van der Waals surface area (Å²) in [5.41, 5.74) is 6.64. The number of nitrogens with two attached hydrogens (primary N) is 1. The van der Waals surface area contributed by atoms with Gasteiger partial charge in [-0.05, 0) is 61.8 Å². The van der Waals surface area contributed by atoms with Crippen LogP contribution in [-0.4, -0.2) is 6.54 Å². The molecule has 3 aliphatic carbocycles. The molecule has 1 nitrogen and oxygen atoms in total. The SMILES string of the molecule is NC[C@]12CCC[C@H]1[C@@H]1CC[C@H]2C1. The van der Waals surface area contributed by atoms with Crippen molar-refractivity contribution in [3.8, 4) is 0 Å². The zero-order valence-corrected chi connectivity index (χ0v) is 7.76. The minimum absolute atomic E-state index is 0.642. The fourth-order valence-corrected chi connectivity index (χ4v) is 4.66. The first kappa shape index (κ1) is 7.37. The van der Waals surface area contributed by atoms with Crippen molar-refractivity contribution in [2.24, 2.45) is 28.9 Å².